The minimum absolute atomic E-state index is 0.736. The molecule has 0 saturated heterocycles. The standard InChI is InChI=1S/C13H9BrCl2/c14-12-8-10(3-6-13(12)16)7-9-1-4-11(15)5-2-9/h1-6,8H,7H2. The Morgan fingerprint density at radius 1 is 0.875 bits per heavy atom. The monoisotopic (exact) mass is 314 g/mol. The Kier molecular flexibility index (Phi) is 3.91. The highest BCUT2D eigenvalue weighted by molar-refractivity contribution is 9.10. The van der Waals surface area contributed by atoms with E-state index >= 15 is 0 Å². The minimum Gasteiger partial charge on any atom is -0.0843 e. The Bertz CT molecular complexity index is 492. The Morgan fingerprint density at radius 3 is 2.12 bits per heavy atom. The van der Waals surface area contributed by atoms with Crippen LogP contribution in [0.15, 0.2) is 46.9 Å². The van der Waals surface area contributed by atoms with Crippen molar-refractivity contribution in [2.24, 2.45) is 0 Å². The number of hydrogen-bond donors (Lipinski definition) is 0. The van der Waals surface area contributed by atoms with E-state index in [2.05, 4.69) is 15.9 Å². The third kappa shape index (κ3) is 3.00. The van der Waals surface area contributed by atoms with E-state index in [9.17, 15) is 0 Å². The third-order valence-corrected chi connectivity index (χ3v) is 3.77. The van der Waals surface area contributed by atoms with Crippen molar-refractivity contribution in [3.8, 4) is 0 Å². The first-order valence-corrected chi connectivity index (χ1v) is 6.38. The summed E-state index contributed by atoms with van der Waals surface area (Å²) >= 11 is 15.2. The van der Waals surface area contributed by atoms with E-state index < -0.39 is 0 Å². The number of hydrogen-bond acceptors (Lipinski definition) is 0. The number of rotatable bonds is 2. The first kappa shape index (κ1) is 12.0. The third-order valence-electron chi connectivity index (χ3n) is 2.31. The van der Waals surface area contributed by atoms with Crippen molar-refractivity contribution in [1.82, 2.24) is 0 Å². The van der Waals surface area contributed by atoms with E-state index in [-0.39, 0.29) is 0 Å². The second-order valence-corrected chi connectivity index (χ2v) is 5.25. The van der Waals surface area contributed by atoms with Crippen molar-refractivity contribution in [1.29, 1.82) is 0 Å². The van der Waals surface area contributed by atoms with Gasteiger partial charge in [-0.3, -0.25) is 0 Å². The van der Waals surface area contributed by atoms with Gasteiger partial charge in [0.2, 0.25) is 0 Å². The van der Waals surface area contributed by atoms with E-state index in [1.54, 1.807) is 0 Å². The molecule has 0 amide bonds. The van der Waals surface area contributed by atoms with Crippen molar-refractivity contribution in [2.45, 2.75) is 6.42 Å². The van der Waals surface area contributed by atoms with E-state index in [1.807, 2.05) is 42.5 Å². The quantitative estimate of drug-likeness (QED) is 0.701. The largest absolute Gasteiger partial charge is 0.0843 e. The van der Waals surface area contributed by atoms with Crippen LogP contribution in [0, 0.1) is 0 Å². The van der Waals surface area contributed by atoms with Crippen molar-refractivity contribution >= 4 is 39.1 Å². The van der Waals surface area contributed by atoms with Gasteiger partial charge in [-0.15, -0.1) is 0 Å². The van der Waals surface area contributed by atoms with E-state index in [1.165, 1.54) is 11.1 Å². The molecule has 0 aliphatic carbocycles. The molecular formula is C13H9BrCl2. The van der Waals surface area contributed by atoms with Crippen molar-refractivity contribution in [2.75, 3.05) is 0 Å². The zero-order valence-corrected chi connectivity index (χ0v) is 11.5. The molecule has 2 aromatic rings. The van der Waals surface area contributed by atoms with Crippen LogP contribution < -0.4 is 0 Å². The summed E-state index contributed by atoms with van der Waals surface area (Å²) in [4.78, 5) is 0. The van der Waals surface area contributed by atoms with E-state index in [0.29, 0.717) is 0 Å². The fourth-order valence-corrected chi connectivity index (χ4v) is 2.16. The van der Waals surface area contributed by atoms with Crippen molar-refractivity contribution in [3.63, 3.8) is 0 Å². The maximum Gasteiger partial charge on any atom is 0.0548 e. The lowest BCUT2D eigenvalue weighted by Crippen LogP contribution is -1.87. The Labute approximate surface area is 113 Å². The average molecular weight is 316 g/mol. The van der Waals surface area contributed by atoms with Crippen LogP contribution >= 0.6 is 39.1 Å². The van der Waals surface area contributed by atoms with Gasteiger partial charge in [0.25, 0.3) is 0 Å². The summed E-state index contributed by atoms with van der Waals surface area (Å²) in [7, 11) is 0. The lowest BCUT2D eigenvalue weighted by Gasteiger charge is -2.04. The number of halogens is 3. The van der Waals surface area contributed by atoms with Crippen LogP contribution in [-0.4, -0.2) is 0 Å². The van der Waals surface area contributed by atoms with Gasteiger partial charge in [0.1, 0.15) is 0 Å². The topological polar surface area (TPSA) is 0 Å². The molecule has 0 bridgehead atoms. The fourth-order valence-electron chi connectivity index (χ4n) is 1.49. The van der Waals surface area contributed by atoms with Gasteiger partial charge in [-0.2, -0.15) is 0 Å². The lowest BCUT2D eigenvalue weighted by atomic mass is 10.1. The molecule has 0 aliphatic rings. The van der Waals surface area contributed by atoms with Crippen molar-refractivity contribution < 1.29 is 0 Å². The van der Waals surface area contributed by atoms with Crippen LogP contribution in [0.2, 0.25) is 10.0 Å². The molecule has 2 aromatic carbocycles. The Morgan fingerprint density at radius 2 is 1.50 bits per heavy atom. The molecule has 0 radical (unpaired) electrons. The predicted octanol–water partition coefficient (Wildman–Crippen LogP) is 5.35. The van der Waals surface area contributed by atoms with Crippen LogP contribution in [0.1, 0.15) is 11.1 Å². The molecule has 0 aliphatic heterocycles. The highest BCUT2D eigenvalue weighted by atomic mass is 79.9. The number of benzene rings is 2. The highest BCUT2D eigenvalue weighted by Gasteiger charge is 2.00. The van der Waals surface area contributed by atoms with Crippen LogP contribution in [-0.2, 0) is 6.42 Å². The van der Waals surface area contributed by atoms with Gasteiger partial charge in [0.15, 0.2) is 0 Å². The summed E-state index contributed by atoms with van der Waals surface area (Å²) in [5, 5.41) is 1.50. The zero-order chi connectivity index (χ0) is 11.5. The lowest BCUT2D eigenvalue weighted by molar-refractivity contribution is 1.19. The van der Waals surface area contributed by atoms with Crippen LogP contribution in [0.25, 0.3) is 0 Å². The zero-order valence-electron chi connectivity index (χ0n) is 8.38. The molecule has 0 N–H and O–H groups in total. The molecule has 82 valence electrons. The van der Waals surface area contributed by atoms with Gasteiger partial charge >= 0.3 is 0 Å². The van der Waals surface area contributed by atoms with Gasteiger partial charge in [-0.25, -0.2) is 0 Å². The summed E-state index contributed by atoms with van der Waals surface area (Å²) in [6, 6.07) is 13.8. The molecule has 0 spiro atoms. The first-order valence-electron chi connectivity index (χ1n) is 4.83. The van der Waals surface area contributed by atoms with Gasteiger partial charge in [0.05, 0.1) is 5.02 Å². The van der Waals surface area contributed by atoms with Gasteiger partial charge < -0.3 is 0 Å². The molecule has 0 aromatic heterocycles. The molecule has 0 heterocycles. The maximum atomic E-state index is 5.94. The summed E-state index contributed by atoms with van der Waals surface area (Å²) in [6.45, 7) is 0. The first-order chi connectivity index (χ1) is 7.65. The molecule has 0 unspecified atom stereocenters. The van der Waals surface area contributed by atoms with E-state index in [0.717, 1.165) is 20.9 Å². The molecule has 0 atom stereocenters. The van der Waals surface area contributed by atoms with Gasteiger partial charge in [-0.1, -0.05) is 41.4 Å². The normalized spacial score (nSPS) is 10.4. The van der Waals surface area contributed by atoms with Crippen molar-refractivity contribution in [3.05, 3.63) is 68.1 Å². The second kappa shape index (κ2) is 5.22. The van der Waals surface area contributed by atoms with Crippen LogP contribution in [0.3, 0.4) is 0 Å². The molecule has 0 fully saturated rings. The van der Waals surface area contributed by atoms with Gasteiger partial charge in [-0.05, 0) is 57.7 Å². The molecule has 3 heteroatoms. The van der Waals surface area contributed by atoms with E-state index in [4.69, 9.17) is 23.2 Å². The molecular weight excluding hydrogens is 307 g/mol. The predicted molar refractivity (Wildman–Crippen MR) is 73.4 cm³/mol. The second-order valence-electron chi connectivity index (χ2n) is 3.55. The minimum atomic E-state index is 0.736. The summed E-state index contributed by atoms with van der Waals surface area (Å²) in [5.41, 5.74) is 2.46. The molecule has 2 rings (SSSR count). The molecule has 0 saturated carbocycles. The summed E-state index contributed by atoms with van der Waals surface area (Å²) in [6.07, 6.45) is 0.882. The average Bonchev–Trinajstić information content (AvgIpc) is 2.27. The maximum absolute atomic E-state index is 5.94. The Hall–Kier alpha value is -0.500. The summed E-state index contributed by atoms with van der Waals surface area (Å²) < 4.78 is 0.931. The molecule has 0 nitrogen and oxygen atoms in total. The highest BCUT2D eigenvalue weighted by Crippen LogP contribution is 2.24. The van der Waals surface area contributed by atoms with Crippen LogP contribution in [0.4, 0.5) is 0 Å². The smallest absolute Gasteiger partial charge is 0.0548 e. The van der Waals surface area contributed by atoms with Gasteiger partial charge in [0, 0.05) is 9.50 Å². The fraction of sp³-hybridized carbons (Fsp3) is 0.0769. The molecule has 16 heavy (non-hydrogen) atoms. The summed E-state index contributed by atoms with van der Waals surface area (Å²) in [5.74, 6) is 0. The SMILES string of the molecule is Clc1ccc(Cc2ccc(Cl)c(Br)c2)cc1. The van der Waals surface area contributed by atoms with Crippen LogP contribution in [0.5, 0.6) is 0 Å². The Balaban J connectivity index is 2.20.